The quantitative estimate of drug-likeness (QED) is 0.896. The summed E-state index contributed by atoms with van der Waals surface area (Å²) in [5, 5.41) is 10.0. The lowest BCUT2D eigenvalue weighted by molar-refractivity contribution is 0.152. The summed E-state index contributed by atoms with van der Waals surface area (Å²) in [6, 6.07) is 3.52. The van der Waals surface area contributed by atoms with E-state index in [-0.39, 0.29) is 12.5 Å². The van der Waals surface area contributed by atoms with E-state index in [2.05, 4.69) is 4.90 Å². The summed E-state index contributed by atoms with van der Waals surface area (Å²) in [6.45, 7) is 3.84. The van der Waals surface area contributed by atoms with Gasteiger partial charge in [-0.1, -0.05) is 0 Å². The summed E-state index contributed by atoms with van der Waals surface area (Å²) in [4.78, 5) is 2.33. The Morgan fingerprint density at radius 2 is 2.16 bits per heavy atom. The summed E-state index contributed by atoms with van der Waals surface area (Å²) >= 11 is 0. The molecule has 2 aliphatic heterocycles. The minimum absolute atomic E-state index is 0.234. The van der Waals surface area contributed by atoms with E-state index in [1.54, 1.807) is 13.2 Å². The van der Waals surface area contributed by atoms with Crippen LogP contribution in [-0.4, -0.2) is 43.6 Å². The number of methoxy groups -OCH3 is 1. The van der Waals surface area contributed by atoms with Crippen LogP contribution in [0.3, 0.4) is 0 Å². The molecule has 5 heteroatoms. The van der Waals surface area contributed by atoms with Crippen molar-refractivity contribution in [2.45, 2.75) is 13.0 Å². The van der Waals surface area contributed by atoms with Crippen LogP contribution in [0.2, 0.25) is 0 Å². The number of phenols is 1. The molecule has 1 N–H and O–H groups in total. The molecule has 5 nitrogen and oxygen atoms in total. The predicted molar refractivity (Wildman–Crippen MR) is 69.5 cm³/mol. The van der Waals surface area contributed by atoms with Crippen LogP contribution >= 0.6 is 0 Å². The Balaban J connectivity index is 1.67. The molecule has 0 aromatic heterocycles. The summed E-state index contributed by atoms with van der Waals surface area (Å²) in [6.07, 6.45) is 1.15. The van der Waals surface area contributed by atoms with E-state index >= 15 is 0 Å². The molecule has 19 heavy (non-hydrogen) atoms. The third-order valence-corrected chi connectivity index (χ3v) is 3.74. The molecule has 1 saturated heterocycles. The van der Waals surface area contributed by atoms with Crippen LogP contribution in [0.5, 0.6) is 17.2 Å². The van der Waals surface area contributed by atoms with Crippen LogP contribution in [0, 0.1) is 5.92 Å². The second-order valence-corrected chi connectivity index (χ2v) is 5.18. The number of aromatic hydroxyl groups is 1. The number of fused-ring (bicyclic) bond motifs is 1. The molecule has 1 aromatic rings. The van der Waals surface area contributed by atoms with E-state index < -0.39 is 0 Å². The maximum atomic E-state index is 10.0. The van der Waals surface area contributed by atoms with Gasteiger partial charge in [0.05, 0.1) is 6.61 Å². The summed E-state index contributed by atoms with van der Waals surface area (Å²) in [5.41, 5.74) is 0.891. The molecule has 0 aliphatic carbocycles. The Hall–Kier alpha value is -1.46. The van der Waals surface area contributed by atoms with Crippen molar-refractivity contribution in [1.29, 1.82) is 0 Å². The molecule has 3 rings (SSSR count). The molecule has 104 valence electrons. The van der Waals surface area contributed by atoms with Gasteiger partial charge in [-0.3, -0.25) is 4.90 Å². The minimum atomic E-state index is 0.234. The van der Waals surface area contributed by atoms with Gasteiger partial charge in [0.2, 0.25) is 6.79 Å². The molecule has 2 aliphatic rings. The molecule has 2 heterocycles. The molecule has 1 fully saturated rings. The van der Waals surface area contributed by atoms with Crippen molar-refractivity contribution in [3.05, 3.63) is 17.7 Å². The zero-order chi connectivity index (χ0) is 13.2. The average molecular weight is 265 g/mol. The van der Waals surface area contributed by atoms with Crippen LogP contribution in [0.15, 0.2) is 12.1 Å². The molecule has 0 saturated carbocycles. The Kier molecular flexibility index (Phi) is 3.48. The van der Waals surface area contributed by atoms with Gasteiger partial charge >= 0.3 is 0 Å². The van der Waals surface area contributed by atoms with Crippen LogP contribution in [-0.2, 0) is 11.3 Å². The van der Waals surface area contributed by atoms with Gasteiger partial charge in [0.15, 0.2) is 11.5 Å². The van der Waals surface area contributed by atoms with Crippen molar-refractivity contribution >= 4 is 0 Å². The van der Waals surface area contributed by atoms with Crippen molar-refractivity contribution in [3.8, 4) is 17.2 Å². The van der Waals surface area contributed by atoms with Gasteiger partial charge in [-0.05, 0) is 24.9 Å². The van der Waals surface area contributed by atoms with E-state index in [0.29, 0.717) is 11.7 Å². The maximum absolute atomic E-state index is 10.0. The van der Waals surface area contributed by atoms with Gasteiger partial charge in [0.25, 0.3) is 0 Å². The highest BCUT2D eigenvalue weighted by Crippen LogP contribution is 2.38. The molecule has 1 aromatic carbocycles. The standard InChI is InChI=1S/C14H19NO4/c1-17-8-10-2-3-15(6-10)7-11-4-13-14(5-12(11)16)19-9-18-13/h4-5,10,16H,2-3,6-9H2,1H3. The molecule has 0 radical (unpaired) electrons. The zero-order valence-electron chi connectivity index (χ0n) is 11.1. The van der Waals surface area contributed by atoms with Crippen molar-refractivity contribution in [3.63, 3.8) is 0 Å². The molecular formula is C14H19NO4. The largest absolute Gasteiger partial charge is 0.507 e. The van der Waals surface area contributed by atoms with Gasteiger partial charge in [0, 0.05) is 31.8 Å². The first kappa shape index (κ1) is 12.6. The Morgan fingerprint density at radius 1 is 1.37 bits per heavy atom. The van der Waals surface area contributed by atoms with Crippen LogP contribution in [0.1, 0.15) is 12.0 Å². The number of benzene rings is 1. The fraction of sp³-hybridized carbons (Fsp3) is 0.571. The van der Waals surface area contributed by atoms with Gasteiger partial charge in [-0.25, -0.2) is 0 Å². The average Bonchev–Trinajstić information content (AvgIpc) is 2.99. The Morgan fingerprint density at radius 3 is 2.95 bits per heavy atom. The number of nitrogens with zero attached hydrogens (tertiary/aromatic N) is 1. The summed E-state index contributed by atoms with van der Waals surface area (Å²) in [7, 11) is 1.74. The second-order valence-electron chi connectivity index (χ2n) is 5.18. The van der Waals surface area contributed by atoms with E-state index in [9.17, 15) is 5.11 Å². The summed E-state index contributed by atoms with van der Waals surface area (Å²) < 4.78 is 15.8. The molecule has 0 bridgehead atoms. The number of ether oxygens (including phenoxy) is 3. The molecule has 0 amide bonds. The number of likely N-dealkylation sites (tertiary alicyclic amines) is 1. The zero-order valence-corrected chi connectivity index (χ0v) is 11.1. The van der Waals surface area contributed by atoms with E-state index in [1.807, 2.05) is 6.07 Å². The first-order valence-electron chi connectivity index (χ1n) is 6.59. The first-order chi connectivity index (χ1) is 9.26. The third kappa shape index (κ3) is 2.62. The highest BCUT2D eigenvalue weighted by atomic mass is 16.7. The molecular weight excluding hydrogens is 246 g/mol. The van der Waals surface area contributed by atoms with Crippen molar-refractivity contribution in [2.24, 2.45) is 5.92 Å². The topological polar surface area (TPSA) is 51.2 Å². The fourth-order valence-corrected chi connectivity index (χ4v) is 2.77. The third-order valence-electron chi connectivity index (χ3n) is 3.74. The lowest BCUT2D eigenvalue weighted by atomic mass is 10.1. The molecule has 0 spiro atoms. The van der Waals surface area contributed by atoms with Gasteiger partial charge in [-0.15, -0.1) is 0 Å². The lowest BCUT2D eigenvalue weighted by Gasteiger charge is -2.17. The number of hydrogen-bond acceptors (Lipinski definition) is 5. The van der Waals surface area contributed by atoms with Crippen molar-refractivity contribution in [1.82, 2.24) is 4.90 Å². The number of hydrogen-bond donors (Lipinski definition) is 1. The van der Waals surface area contributed by atoms with E-state index in [4.69, 9.17) is 14.2 Å². The number of rotatable bonds is 4. The van der Waals surface area contributed by atoms with Crippen molar-refractivity contribution < 1.29 is 19.3 Å². The highest BCUT2D eigenvalue weighted by molar-refractivity contribution is 5.51. The van der Waals surface area contributed by atoms with E-state index in [0.717, 1.165) is 44.0 Å². The Labute approximate surface area is 112 Å². The van der Waals surface area contributed by atoms with Crippen LogP contribution < -0.4 is 9.47 Å². The fourth-order valence-electron chi connectivity index (χ4n) is 2.77. The normalized spacial score (nSPS) is 22.1. The van der Waals surface area contributed by atoms with Gasteiger partial charge in [0.1, 0.15) is 5.75 Å². The maximum Gasteiger partial charge on any atom is 0.231 e. The smallest absolute Gasteiger partial charge is 0.231 e. The SMILES string of the molecule is COCC1CCN(Cc2cc3c(cc2O)OCO3)C1. The molecule has 1 unspecified atom stereocenters. The monoisotopic (exact) mass is 265 g/mol. The van der Waals surface area contributed by atoms with Gasteiger partial charge in [-0.2, -0.15) is 0 Å². The summed E-state index contributed by atoms with van der Waals surface area (Å²) in [5.74, 6) is 2.22. The van der Waals surface area contributed by atoms with Crippen LogP contribution in [0.4, 0.5) is 0 Å². The lowest BCUT2D eigenvalue weighted by Crippen LogP contribution is -2.21. The predicted octanol–water partition coefficient (Wildman–Crippen LogP) is 1.59. The van der Waals surface area contributed by atoms with E-state index in [1.165, 1.54) is 0 Å². The molecule has 1 atom stereocenters. The first-order valence-corrected chi connectivity index (χ1v) is 6.59. The second kappa shape index (κ2) is 5.27. The van der Waals surface area contributed by atoms with Crippen molar-refractivity contribution in [2.75, 3.05) is 33.6 Å². The highest BCUT2D eigenvalue weighted by Gasteiger charge is 2.24. The van der Waals surface area contributed by atoms with Gasteiger partial charge < -0.3 is 19.3 Å². The number of phenolic OH excluding ortho intramolecular Hbond substituents is 1. The van der Waals surface area contributed by atoms with Crippen LogP contribution in [0.25, 0.3) is 0 Å². The Bertz CT molecular complexity index is 463. The minimum Gasteiger partial charge on any atom is -0.507 e.